The van der Waals surface area contributed by atoms with Crippen molar-refractivity contribution in [2.75, 3.05) is 5.73 Å². The number of aromatic nitrogens is 3. The Kier molecular flexibility index (Phi) is 3.36. The van der Waals surface area contributed by atoms with Crippen molar-refractivity contribution in [3.63, 3.8) is 0 Å². The Morgan fingerprint density at radius 2 is 1.94 bits per heavy atom. The number of nitrogens with zero attached hydrogens (tertiary/aromatic N) is 3. The lowest BCUT2D eigenvalue weighted by Crippen LogP contribution is -2.28. The van der Waals surface area contributed by atoms with Crippen LogP contribution in [0.2, 0.25) is 0 Å². The van der Waals surface area contributed by atoms with Crippen LogP contribution in [-0.2, 0) is 5.54 Å². The third kappa shape index (κ3) is 2.10. The molecule has 0 bridgehead atoms. The summed E-state index contributed by atoms with van der Waals surface area (Å²) in [6.07, 6.45) is 7.72. The van der Waals surface area contributed by atoms with Crippen LogP contribution in [0.4, 0.5) is 5.82 Å². The van der Waals surface area contributed by atoms with Crippen LogP contribution in [0, 0.1) is 0 Å². The minimum Gasteiger partial charge on any atom is -0.384 e. The molecule has 2 N–H and O–H groups in total. The number of pyridine rings is 1. The Labute approximate surface area is 108 Å². The molecule has 2 rings (SSSR count). The Hall–Kier alpha value is -1.84. The molecule has 2 heterocycles. The molecule has 0 atom stereocenters. The number of hydrogen-bond acceptors (Lipinski definition) is 3. The summed E-state index contributed by atoms with van der Waals surface area (Å²) in [5, 5.41) is 0. The molecule has 4 heteroatoms. The van der Waals surface area contributed by atoms with E-state index in [1.54, 1.807) is 6.20 Å². The van der Waals surface area contributed by atoms with E-state index in [1.807, 2.05) is 24.7 Å². The molecule has 4 nitrogen and oxygen atoms in total. The van der Waals surface area contributed by atoms with Crippen molar-refractivity contribution in [3.8, 4) is 11.3 Å². The quantitative estimate of drug-likeness (QED) is 0.899. The molecule has 18 heavy (non-hydrogen) atoms. The number of hydrogen-bond donors (Lipinski definition) is 1. The standard InChI is InChI=1S/C14H20N4/c1-4-14(3,5-2)18-10-16-9-12(18)11-6-7-13(15)17-8-11/h6-10H,4-5H2,1-3H3,(H2,15,17). The van der Waals surface area contributed by atoms with Crippen molar-refractivity contribution < 1.29 is 0 Å². The van der Waals surface area contributed by atoms with Crippen molar-refractivity contribution in [2.24, 2.45) is 0 Å². The van der Waals surface area contributed by atoms with Gasteiger partial charge in [0.15, 0.2) is 0 Å². The summed E-state index contributed by atoms with van der Waals surface area (Å²) < 4.78 is 2.24. The fourth-order valence-corrected chi connectivity index (χ4v) is 2.09. The van der Waals surface area contributed by atoms with E-state index in [1.165, 1.54) is 0 Å². The first kappa shape index (κ1) is 12.6. The van der Waals surface area contributed by atoms with E-state index in [2.05, 4.69) is 35.3 Å². The third-order valence-electron chi connectivity index (χ3n) is 3.83. The van der Waals surface area contributed by atoms with Gasteiger partial charge in [0.1, 0.15) is 5.82 Å². The van der Waals surface area contributed by atoms with E-state index in [4.69, 9.17) is 5.73 Å². The smallest absolute Gasteiger partial charge is 0.123 e. The van der Waals surface area contributed by atoms with Gasteiger partial charge in [-0.25, -0.2) is 9.97 Å². The van der Waals surface area contributed by atoms with Crippen LogP contribution in [-0.4, -0.2) is 14.5 Å². The molecule has 0 aliphatic rings. The monoisotopic (exact) mass is 244 g/mol. The number of rotatable bonds is 4. The molecule has 96 valence electrons. The van der Waals surface area contributed by atoms with Gasteiger partial charge in [-0.05, 0) is 31.9 Å². The summed E-state index contributed by atoms with van der Waals surface area (Å²) in [5.74, 6) is 0.540. The van der Waals surface area contributed by atoms with E-state index in [0.717, 1.165) is 24.1 Å². The Bertz CT molecular complexity index is 509. The maximum absolute atomic E-state index is 5.62. The first-order chi connectivity index (χ1) is 8.60. The Morgan fingerprint density at radius 3 is 2.50 bits per heavy atom. The summed E-state index contributed by atoms with van der Waals surface area (Å²) in [6.45, 7) is 6.66. The van der Waals surface area contributed by atoms with E-state index < -0.39 is 0 Å². The average Bonchev–Trinajstić information content (AvgIpc) is 2.88. The molecule has 0 aliphatic carbocycles. The summed E-state index contributed by atoms with van der Waals surface area (Å²) in [5.41, 5.74) is 7.86. The van der Waals surface area contributed by atoms with Gasteiger partial charge in [0.05, 0.1) is 18.2 Å². The van der Waals surface area contributed by atoms with Crippen molar-refractivity contribution in [1.82, 2.24) is 14.5 Å². The van der Waals surface area contributed by atoms with E-state index in [0.29, 0.717) is 5.82 Å². The lowest BCUT2D eigenvalue weighted by Gasteiger charge is -2.30. The molecule has 0 saturated heterocycles. The van der Waals surface area contributed by atoms with Gasteiger partial charge in [0.2, 0.25) is 0 Å². The van der Waals surface area contributed by atoms with Crippen LogP contribution in [0.1, 0.15) is 33.6 Å². The predicted molar refractivity (Wildman–Crippen MR) is 74.1 cm³/mol. The highest BCUT2D eigenvalue weighted by Gasteiger charge is 2.24. The van der Waals surface area contributed by atoms with Crippen molar-refractivity contribution in [2.45, 2.75) is 39.2 Å². The number of nitrogen functional groups attached to an aromatic ring is 1. The van der Waals surface area contributed by atoms with Crippen LogP contribution in [0.25, 0.3) is 11.3 Å². The van der Waals surface area contributed by atoms with Gasteiger partial charge >= 0.3 is 0 Å². The molecule has 2 aromatic heterocycles. The SMILES string of the molecule is CCC(C)(CC)n1cncc1-c1ccc(N)nc1. The largest absolute Gasteiger partial charge is 0.384 e. The molecule has 0 radical (unpaired) electrons. The van der Waals surface area contributed by atoms with E-state index in [-0.39, 0.29) is 5.54 Å². The van der Waals surface area contributed by atoms with E-state index in [9.17, 15) is 0 Å². The van der Waals surface area contributed by atoms with Crippen LogP contribution < -0.4 is 5.73 Å². The molecule has 0 unspecified atom stereocenters. The van der Waals surface area contributed by atoms with Gasteiger partial charge in [-0.3, -0.25) is 0 Å². The van der Waals surface area contributed by atoms with Crippen LogP contribution in [0.15, 0.2) is 30.9 Å². The maximum atomic E-state index is 5.62. The van der Waals surface area contributed by atoms with Gasteiger partial charge in [-0.15, -0.1) is 0 Å². The Balaban J connectivity index is 2.48. The molecule has 0 aliphatic heterocycles. The van der Waals surface area contributed by atoms with Gasteiger partial charge in [0.25, 0.3) is 0 Å². The van der Waals surface area contributed by atoms with Crippen LogP contribution >= 0.6 is 0 Å². The minimum absolute atomic E-state index is 0.0905. The molecule has 2 aromatic rings. The third-order valence-corrected chi connectivity index (χ3v) is 3.83. The van der Waals surface area contributed by atoms with Crippen molar-refractivity contribution in [1.29, 1.82) is 0 Å². The fourth-order valence-electron chi connectivity index (χ4n) is 2.09. The first-order valence-electron chi connectivity index (χ1n) is 6.35. The van der Waals surface area contributed by atoms with Crippen LogP contribution in [0.5, 0.6) is 0 Å². The zero-order valence-corrected chi connectivity index (χ0v) is 11.2. The molecule has 0 aromatic carbocycles. The highest BCUT2D eigenvalue weighted by Crippen LogP contribution is 2.30. The zero-order chi connectivity index (χ0) is 13.2. The lowest BCUT2D eigenvalue weighted by molar-refractivity contribution is 0.297. The highest BCUT2D eigenvalue weighted by atomic mass is 15.1. The second-order valence-electron chi connectivity index (χ2n) is 4.82. The number of imidazole rings is 1. The predicted octanol–water partition coefficient (Wildman–Crippen LogP) is 3.06. The Morgan fingerprint density at radius 1 is 1.22 bits per heavy atom. The van der Waals surface area contributed by atoms with E-state index >= 15 is 0 Å². The molecule has 0 saturated carbocycles. The summed E-state index contributed by atoms with van der Waals surface area (Å²) in [4.78, 5) is 8.43. The average molecular weight is 244 g/mol. The highest BCUT2D eigenvalue weighted by molar-refractivity contribution is 5.59. The molecular weight excluding hydrogens is 224 g/mol. The summed E-state index contributed by atoms with van der Waals surface area (Å²) in [6, 6.07) is 3.81. The topological polar surface area (TPSA) is 56.7 Å². The summed E-state index contributed by atoms with van der Waals surface area (Å²) in [7, 11) is 0. The van der Waals surface area contributed by atoms with Gasteiger partial charge in [-0.1, -0.05) is 13.8 Å². The second-order valence-corrected chi connectivity index (χ2v) is 4.82. The molecular formula is C14H20N4. The molecule has 0 spiro atoms. The molecule has 0 fully saturated rings. The minimum atomic E-state index is 0.0905. The molecule has 0 amide bonds. The van der Waals surface area contributed by atoms with Gasteiger partial charge < -0.3 is 10.3 Å². The zero-order valence-electron chi connectivity index (χ0n) is 11.2. The number of nitrogens with two attached hydrogens (primary N) is 1. The fraction of sp³-hybridized carbons (Fsp3) is 0.429. The maximum Gasteiger partial charge on any atom is 0.123 e. The van der Waals surface area contributed by atoms with Gasteiger partial charge in [-0.2, -0.15) is 0 Å². The van der Waals surface area contributed by atoms with Crippen molar-refractivity contribution in [3.05, 3.63) is 30.9 Å². The lowest BCUT2D eigenvalue weighted by atomic mass is 9.94. The normalized spacial score (nSPS) is 11.7. The van der Waals surface area contributed by atoms with Crippen molar-refractivity contribution >= 4 is 5.82 Å². The van der Waals surface area contributed by atoms with Crippen LogP contribution in [0.3, 0.4) is 0 Å². The van der Waals surface area contributed by atoms with Gasteiger partial charge in [0, 0.05) is 17.3 Å². The second kappa shape index (κ2) is 4.80. The number of anilines is 1. The summed E-state index contributed by atoms with van der Waals surface area (Å²) >= 11 is 0. The first-order valence-corrected chi connectivity index (χ1v) is 6.35.